The number of amides is 1. The van der Waals surface area contributed by atoms with E-state index in [2.05, 4.69) is 5.32 Å². The van der Waals surface area contributed by atoms with Crippen molar-refractivity contribution in [2.24, 2.45) is 0 Å². The van der Waals surface area contributed by atoms with Crippen molar-refractivity contribution in [1.82, 2.24) is 5.32 Å². The van der Waals surface area contributed by atoms with Gasteiger partial charge in [0.2, 0.25) is 0 Å². The van der Waals surface area contributed by atoms with Crippen LogP contribution < -0.4 is 5.32 Å². The van der Waals surface area contributed by atoms with Gasteiger partial charge in [0.1, 0.15) is 6.04 Å². The fourth-order valence-corrected chi connectivity index (χ4v) is 2.87. The summed E-state index contributed by atoms with van der Waals surface area (Å²) >= 11 is 1.10. The van der Waals surface area contributed by atoms with E-state index in [1.165, 1.54) is 14.0 Å². The summed E-state index contributed by atoms with van der Waals surface area (Å²) < 4.78 is 4.76. The predicted octanol–water partition coefficient (Wildman–Crippen LogP) is 2.46. The number of carbonyl (C=O) groups excluding carboxylic acids is 3. The molecule has 1 aromatic carbocycles. The molecule has 0 aliphatic carbocycles. The number of hydrogen-bond acceptors (Lipinski definition) is 5. The second kappa shape index (κ2) is 7.69. The summed E-state index contributed by atoms with van der Waals surface area (Å²) in [6.45, 7) is 1.44. The molecule has 0 fully saturated rings. The first-order valence-corrected chi connectivity index (χ1v) is 7.86. The van der Waals surface area contributed by atoms with E-state index in [0.717, 1.165) is 16.9 Å². The zero-order valence-corrected chi connectivity index (χ0v) is 13.7. The highest BCUT2D eigenvalue weighted by Gasteiger charge is 2.23. The lowest BCUT2D eigenvalue weighted by molar-refractivity contribution is -0.142. The van der Waals surface area contributed by atoms with Gasteiger partial charge in [0.15, 0.2) is 5.78 Å². The summed E-state index contributed by atoms with van der Waals surface area (Å²) in [5.41, 5.74) is 0.916. The molecule has 0 saturated carbocycles. The molecule has 0 radical (unpaired) electrons. The highest BCUT2D eigenvalue weighted by atomic mass is 32.1. The van der Waals surface area contributed by atoms with Crippen molar-refractivity contribution in [3.63, 3.8) is 0 Å². The van der Waals surface area contributed by atoms with Crippen LogP contribution in [0.15, 0.2) is 42.5 Å². The molecule has 1 unspecified atom stereocenters. The number of esters is 1. The monoisotopic (exact) mass is 331 g/mol. The second-order valence-corrected chi connectivity index (χ2v) is 6.04. The van der Waals surface area contributed by atoms with Crippen molar-refractivity contribution in [3.8, 4) is 0 Å². The van der Waals surface area contributed by atoms with Crippen molar-refractivity contribution in [3.05, 3.63) is 57.8 Å². The SMILES string of the molecule is COC(=O)C(Cc1ccccc1)NC(=O)c1ccc(C(C)=O)s1. The molecule has 2 rings (SSSR count). The van der Waals surface area contributed by atoms with E-state index in [0.29, 0.717) is 16.2 Å². The van der Waals surface area contributed by atoms with E-state index in [4.69, 9.17) is 4.74 Å². The molecule has 23 heavy (non-hydrogen) atoms. The van der Waals surface area contributed by atoms with Gasteiger partial charge in [-0.15, -0.1) is 11.3 Å². The fraction of sp³-hybridized carbons (Fsp3) is 0.235. The lowest BCUT2D eigenvalue weighted by atomic mass is 10.1. The van der Waals surface area contributed by atoms with Crippen LogP contribution in [0.2, 0.25) is 0 Å². The largest absolute Gasteiger partial charge is 0.467 e. The van der Waals surface area contributed by atoms with E-state index in [1.807, 2.05) is 30.3 Å². The molecular weight excluding hydrogens is 314 g/mol. The fourth-order valence-electron chi connectivity index (χ4n) is 2.06. The van der Waals surface area contributed by atoms with Crippen LogP contribution in [0.3, 0.4) is 0 Å². The van der Waals surface area contributed by atoms with Crippen LogP contribution in [0.5, 0.6) is 0 Å². The first-order chi connectivity index (χ1) is 11.0. The van der Waals surface area contributed by atoms with Crippen LogP contribution in [0.1, 0.15) is 31.8 Å². The maximum absolute atomic E-state index is 12.3. The Morgan fingerprint density at radius 2 is 1.74 bits per heavy atom. The molecular formula is C17H17NO4S. The van der Waals surface area contributed by atoms with Gasteiger partial charge in [0, 0.05) is 6.42 Å². The van der Waals surface area contributed by atoms with Gasteiger partial charge < -0.3 is 10.1 Å². The molecule has 1 amide bonds. The number of Topliss-reactive ketones (excluding diaryl/α,β-unsaturated/α-hetero) is 1. The Hall–Kier alpha value is -2.47. The Morgan fingerprint density at radius 3 is 2.30 bits per heavy atom. The third-order valence-corrected chi connectivity index (χ3v) is 4.44. The average molecular weight is 331 g/mol. The number of hydrogen-bond donors (Lipinski definition) is 1. The Labute approximate surface area is 138 Å². The molecule has 1 atom stereocenters. The van der Waals surface area contributed by atoms with E-state index >= 15 is 0 Å². The van der Waals surface area contributed by atoms with Gasteiger partial charge in [-0.05, 0) is 24.6 Å². The predicted molar refractivity (Wildman–Crippen MR) is 87.7 cm³/mol. The molecule has 6 heteroatoms. The van der Waals surface area contributed by atoms with Gasteiger partial charge in [-0.25, -0.2) is 4.79 Å². The smallest absolute Gasteiger partial charge is 0.328 e. The minimum Gasteiger partial charge on any atom is -0.467 e. The number of thiophene rings is 1. The first kappa shape index (κ1) is 16.9. The highest BCUT2D eigenvalue weighted by molar-refractivity contribution is 7.15. The molecule has 0 bridgehead atoms. The van der Waals surface area contributed by atoms with Gasteiger partial charge >= 0.3 is 5.97 Å². The van der Waals surface area contributed by atoms with E-state index < -0.39 is 17.9 Å². The summed E-state index contributed by atoms with van der Waals surface area (Å²) in [6.07, 6.45) is 0.337. The number of ether oxygens (including phenoxy) is 1. The van der Waals surface area contributed by atoms with Crippen molar-refractivity contribution < 1.29 is 19.1 Å². The van der Waals surface area contributed by atoms with Crippen LogP contribution in [-0.2, 0) is 16.0 Å². The molecule has 120 valence electrons. The summed E-state index contributed by atoms with van der Waals surface area (Å²) in [6, 6.07) is 11.8. The van der Waals surface area contributed by atoms with Crippen molar-refractivity contribution in [1.29, 1.82) is 0 Å². The Kier molecular flexibility index (Phi) is 5.65. The average Bonchev–Trinajstić information content (AvgIpc) is 3.05. The first-order valence-electron chi connectivity index (χ1n) is 7.04. The lowest BCUT2D eigenvalue weighted by Crippen LogP contribution is -2.42. The molecule has 0 spiro atoms. The summed E-state index contributed by atoms with van der Waals surface area (Å²) in [7, 11) is 1.28. The summed E-state index contributed by atoms with van der Waals surface area (Å²) in [5.74, 6) is -0.998. The van der Waals surface area contributed by atoms with Gasteiger partial charge in [-0.3, -0.25) is 9.59 Å². The molecule has 2 aromatic rings. The van der Waals surface area contributed by atoms with Crippen molar-refractivity contribution in [2.75, 3.05) is 7.11 Å². The van der Waals surface area contributed by atoms with E-state index in [1.54, 1.807) is 12.1 Å². The zero-order chi connectivity index (χ0) is 16.8. The highest BCUT2D eigenvalue weighted by Crippen LogP contribution is 2.17. The molecule has 5 nitrogen and oxygen atoms in total. The van der Waals surface area contributed by atoms with Gasteiger partial charge in [-0.1, -0.05) is 30.3 Å². The van der Waals surface area contributed by atoms with Crippen molar-refractivity contribution >= 4 is 29.0 Å². The van der Waals surface area contributed by atoms with E-state index in [-0.39, 0.29) is 5.78 Å². The Bertz CT molecular complexity index is 708. The maximum Gasteiger partial charge on any atom is 0.328 e. The number of nitrogens with one attached hydrogen (secondary N) is 1. The molecule has 0 saturated heterocycles. The zero-order valence-electron chi connectivity index (χ0n) is 12.9. The normalized spacial score (nSPS) is 11.6. The maximum atomic E-state index is 12.3. The molecule has 1 N–H and O–H groups in total. The number of benzene rings is 1. The number of ketones is 1. The minimum atomic E-state index is -0.780. The Morgan fingerprint density at radius 1 is 1.09 bits per heavy atom. The summed E-state index contributed by atoms with van der Waals surface area (Å²) in [5, 5.41) is 2.67. The third-order valence-electron chi connectivity index (χ3n) is 3.25. The van der Waals surface area contributed by atoms with Gasteiger partial charge in [0.25, 0.3) is 5.91 Å². The summed E-state index contributed by atoms with van der Waals surface area (Å²) in [4.78, 5) is 36.4. The minimum absolute atomic E-state index is 0.0946. The van der Waals surface area contributed by atoms with Gasteiger partial charge in [-0.2, -0.15) is 0 Å². The van der Waals surface area contributed by atoms with Crippen LogP contribution >= 0.6 is 11.3 Å². The number of carbonyl (C=O) groups is 3. The third kappa shape index (κ3) is 4.50. The van der Waals surface area contributed by atoms with Crippen LogP contribution in [-0.4, -0.2) is 30.8 Å². The van der Waals surface area contributed by atoms with Crippen LogP contribution in [0, 0.1) is 0 Å². The standard InChI is InChI=1S/C17H17NO4S/c1-11(19)14-8-9-15(23-14)16(20)18-13(17(21)22-2)10-12-6-4-3-5-7-12/h3-9,13H,10H2,1-2H3,(H,18,20). The molecule has 0 aliphatic rings. The number of methoxy groups -OCH3 is 1. The van der Waals surface area contributed by atoms with Crippen LogP contribution in [0.4, 0.5) is 0 Å². The van der Waals surface area contributed by atoms with E-state index in [9.17, 15) is 14.4 Å². The quantitative estimate of drug-likeness (QED) is 0.652. The molecule has 1 aromatic heterocycles. The Balaban J connectivity index is 2.11. The topological polar surface area (TPSA) is 72.5 Å². The molecule has 1 heterocycles. The molecule has 0 aliphatic heterocycles. The number of rotatable bonds is 6. The van der Waals surface area contributed by atoms with Crippen LogP contribution in [0.25, 0.3) is 0 Å². The van der Waals surface area contributed by atoms with Gasteiger partial charge in [0.05, 0.1) is 16.9 Å². The lowest BCUT2D eigenvalue weighted by Gasteiger charge is -2.16. The second-order valence-electron chi connectivity index (χ2n) is 4.96. The van der Waals surface area contributed by atoms with Crippen molar-refractivity contribution in [2.45, 2.75) is 19.4 Å².